The fourth-order valence-electron chi connectivity index (χ4n) is 1.93. The van der Waals surface area contributed by atoms with Crippen LogP contribution in [0.2, 0.25) is 5.02 Å². The molecule has 2 rings (SSSR count). The molecule has 0 saturated carbocycles. The highest BCUT2D eigenvalue weighted by Gasteiger charge is 2.19. The summed E-state index contributed by atoms with van der Waals surface area (Å²) in [4.78, 5) is 0.146. The summed E-state index contributed by atoms with van der Waals surface area (Å²) in [5, 5.41) is 0.276. The van der Waals surface area contributed by atoms with Gasteiger partial charge in [0.05, 0.1) is 29.8 Å². The van der Waals surface area contributed by atoms with Crippen LogP contribution in [-0.2, 0) is 10.0 Å². The topological polar surface area (TPSA) is 64.6 Å². The van der Waals surface area contributed by atoms with Gasteiger partial charge >= 0.3 is 0 Å². The van der Waals surface area contributed by atoms with Crippen molar-refractivity contribution in [3.8, 4) is 11.5 Å². The monoisotopic (exact) mass is 419 g/mol. The van der Waals surface area contributed by atoms with Gasteiger partial charge < -0.3 is 9.47 Å². The van der Waals surface area contributed by atoms with Gasteiger partial charge in [-0.1, -0.05) is 27.5 Å². The minimum absolute atomic E-state index is 0.146. The van der Waals surface area contributed by atoms with E-state index in [0.29, 0.717) is 11.5 Å². The van der Waals surface area contributed by atoms with Crippen molar-refractivity contribution in [3.05, 3.63) is 45.4 Å². The van der Waals surface area contributed by atoms with Gasteiger partial charge in [-0.2, -0.15) is 0 Å². The minimum atomic E-state index is -3.77. The average Bonchev–Trinajstić information content (AvgIpc) is 2.50. The molecule has 1 N–H and O–H groups in total. The molecule has 0 aliphatic carbocycles. The smallest absolute Gasteiger partial charge is 0.262 e. The maximum atomic E-state index is 12.5. The van der Waals surface area contributed by atoms with Crippen LogP contribution in [0.4, 0.5) is 5.69 Å². The zero-order valence-electron chi connectivity index (χ0n) is 12.7. The van der Waals surface area contributed by atoms with Gasteiger partial charge in [0, 0.05) is 10.5 Å². The fourth-order valence-corrected chi connectivity index (χ4v) is 3.56. The van der Waals surface area contributed by atoms with Crippen LogP contribution in [0.1, 0.15) is 5.56 Å². The van der Waals surface area contributed by atoms with Crippen LogP contribution < -0.4 is 14.2 Å². The number of anilines is 1. The van der Waals surface area contributed by atoms with Crippen molar-refractivity contribution in [2.45, 2.75) is 11.8 Å². The van der Waals surface area contributed by atoms with Crippen LogP contribution >= 0.6 is 27.5 Å². The van der Waals surface area contributed by atoms with Crippen molar-refractivity contribution < 1.29 is 17.9 Å². The number of rotatable bonds is 5. The maximum absolute atomic E-state index is 12.5. The lowest BCUT2D eigenvalue weighted by molar-refractivity contribution is 0.396. The van der Waals surface area contributed by atoms with E-state index < -0.39 is 10.0 Å². The Morgan fingerprint density at radius 3 is 2.30 bits per heavy atom. The van der Waals surface area contributed by atoms with E-state index in [0.717, 1.165) is 10.0 Å². The SMILES string of the molecule is COc1cc(OC)c(NS(=O)(=O)c2ccc(Br)c(C)c2)cc1Cl. The molecule has 0 aromatic heterocycles. The molecule has 23 heavy (non-hydrogen) atoms. The first-order valence-electron chi connectivity index (χ1n) is 6.49. The molecule has 8 heteroatoms. The minimum Gasteiger partial charge on any atom is -0.495 e. The van der Waals surface area contributed by atoms with E-state index in [9.17, 15) is 8.42 Å². The highest BCUT2D eigenvalue weighted by molar-refractivity contribution is 9.10. The number of hydrogen-bond donors (Lipinski definition) is 1. The zero-order chi connectivity index (χ0) is 17.2. The first-order valence-corrected chi connectivity index (χ1v) is 9.14. The van der Waals surface area contributed by atoms with E-state index >= 15 is 0 Å². The Kier molecular flexibility index (Phi) is 5.44. The van der Waals surface area contributed by atoms with Crippen LogP contribution in [0.3, 0.4) is 0 Å². The number of sulfonamides is 1. The summed E-state index contributed by atoms with van der Waals surface area (Å²) in [6.07, 6.45) is 0. The maximum Gasteiger partial charge on any atom is 0.262 e. The number of hydrogen-bond acceptors (Lipinski definition) is 4. The Balaban J connectivity index is 2.44. The number of benzene rings is 2. The predicted molar refractivity (Wildman–Crippen MR) is 94.2 cm³/mol. The molecule has 0 unspecified atom stereocenters. The van der Waals surface area contributed by atoms with Crippen molar-refractivity contribution in [2.75, 3.05) is 18.9 Å². The third-order valence-corrected chi connectivity index (χ3v) is 5.71. The van der Waals surface area contributed by atoms with Gasteiger partial charge in [-0.25, -0.2) is 8.42 Å². The third-order valence-electron chi connectivity index (χ3n) is 3.16. The Morgan fingerprint density at radius 1 is 1.09 bits per heavy atom. The summed E-state index contributed by atoms with van der Waals surface area (Å²) in [7, 11) is -0.870. The average molecular weight is 421 g/mol. The van der Waals surface area contributed by atoms with Gasteiger partial charge in [0.2, 0.25) is 0 Å². The molecule has 0 aliphatic rings. The van der Waals surface area contributed by atoms with E-state index in [4.69, 9.17) is 21.1 Å². The van der Waals surface area contributed by atoms with Crippen LogP contribution in [0, 0.1) is 6.92 Å². The molecule has 0 atom stereocenters. The molecule has 0 bridgehead atoms. The molecule has 0 amide bonds. The van der Waals surface area contributed by atoms with Crippen LogP contribution in [-0.4, -0.2) is 22.6 Å². The largest absolute Gasteiger partial charge is 0.495 e. The second kappa shape index (κ2) is 6.98. The third kappa shape index (κ3) is 3.91. The van der Waals surface area contributed by atoms with E-state index in [1.165, 1.54) is 32.4 Å². The molecule has 0 saturated heterocycles. The first kappa shape index (κ1) is 17.9. The van der Waals surface area contributed by atoms with Crippen LogP contribution in [0.15, 0.2) is 39.7 Å². The molecule has 0 heterocycles. The Bertz CT molecular complexity index is 840. The zero-order valence-corrected chi connectivity index (χ0v) is 15.8. The van der Waals surface area contributed by atoms with Crippen molar-refractivity contribution in [1.82, 2.24) is 0 Å². The number of ether oxygens (including phenoxy) is 2. The molecular formula is C15H15BrClNO4S. The van der Waals surface area contributed by atoms with Gasteiger partial charge in [0.1, 0.15) is 11.5 Å². The molecule has 0 aliphatic heterocycles. The second-order valence-corrected chi connectivity index (χ2v) is 7.65. The number of halogens is 2. The molecule has 0 spiro atoms. The van der Waals surface area contributed by atoms with Crippen molar-refractivity contribution in [3.63, 3.8) is 0 Å². The molecule has 5 nitrogen and oxygen atoms in total. The van der Waals surface area contributed by atoms with Gasteiger partial charge in [0.15, 0.2) is 0 Å². The van der Waals surface area contributed by atoms with Crippen molar-refractivity contribution in [2.24, 2.45) is 0 Å². The van der Waals surface area contributed by atoms with E-state index in [2.05, 4.69) is 20.7 Å². The van der Waals surface area contributed by atoms with E-state index in [1.54, 1.807) is 12.1 Å². The Morgan fingerprint density at radius 2 is 1.74 bits per heavy atom. The molecule has 0 radical (unpaired) electrons. The quantitative estimate of drug-likeness (QED) is 0.786. The highest BCUT2D eigenvalue weighted by Crippen LogP contribution is 2.37. The fraction of sp³-hybridized carbons (Fsp3) is 0.200. The van der Waals surface area contributed by atoms with Crippen molar-refractivity contribution in [1.29, 1.82) is 0 Å². The molecular weight excluding hydrogens is 406 g/mol. The van der Waals surface area contributed by atoms with Gasteiger partial charge in [-0.3, -0.25) is 4.72 Å². The number of methoxy groups -OCH3 is 2. The van der Waals surface area contributed by atoms with Crippen molar-refractivity contribution >= 4 is 43.2 Å². The Labute approximate surface area is 148 Å². The molecule has 0 fully saturated rings. The first-order chi connectivity index (χ1) is 10.8. The molecule has 2 aromatic rings. The lowest BCUT2D eigenvalue weighted by Gasteiger charge is -2.14. The highest BCUT2D eigenvalue weighted by atomic mass is 79.9. The standard InChI is InChI=1S/C15H15BrClNO4S/c1-9-6-10(4-5-11(9)16)23(19,20)18-13-7-12(17)14(21-2)8-15(13)22-3/h4-8,18H,1-3H3. The molecule has 2 aromatic carbocycles. The summed E-state index contributed by atoms with van der Waals surface area (Å²) in [6, 6.07) is 7.73. The van der Waals surface area contributed by atoms with Gasteiger partial charge in [-0.05, 0) is 36.8 Å². The summed E-state index contributed by atoms with van der Waals surface area (Å²) in [6.45, 7) is 1.81. The number of aryl methyl sites for hydroxylation is 1. The van der Waals surface area contributed by atoms with Crippen LogP contribution in [0.25, 0.3) is 0 Å². The summed E-state index contributed by atoms with van der Waals surface area (Å²) >= 11 is 9.40. The normalized spacial score (nSPS) is 11.2. The summed E-state index contributed by atoms with van der Waals surface area (Å²) in [5.74, 6) is 0.703. The lowest BCUT2D eigenvalue weighted by atomic mass is 10.2. The van der Waals surface area contributed by atoms with Gasteiger partial charge in [0.25, 0.3) is 10.0 Å². The summed E-state index contributed by atoms with van der Waals surface area (Å²) < 4.78 is 38.7. The predicted octanol–water partition coefficient (Wildman–Crippen LogP) is 4.23. The Hall–Kier alpha value is -1.44. The second-order valence-electron chi connectivity index (χ2n) is 4.70. The lowest BCUT2D eigenvalue weighted by Crippen LogP contribution is -2.14. The van der Waals surface area contributed by atoms with E-state index in [-0.39, 0.29) is 15.6 Å². The number of nitrogens with one attached hydrogen (secondary N) is 1. The van der Waals surface area contributed by atoms with Crippen LogP contribution in [0.5, 0.6) is 11.5 Å². The molecule has 124 valence electrons. The summed E-state index contributed by atoms with van der Waals surface area (Å²) in [5.41, 5.74) is 1.05. The van der Waals surface area contributed by atoms with E-state index in [1.807, 2.05) is 6.92 Å². The van der Waals surface area contributed by atoms with Gasteiger partial charge in [-0.15, -0.1) is 0 Å².